The molecule has 5 N–H and O–H groups in total. The van der Waals surface area contributed by atoms with Crippen LogP contribution in [0.1, 0.15) is 64.4 Å². The van der Waals surface area contributed by atoms with Gasteiger partial charge in [0.15, 0.2) is 12.4 Å². The number of carbonyl (C=O) groups is 3. The number of amides is 1. The van der Waals surface area contributed by atoms with Crippen LogP contribution in [0.4, 0.5) is 0 Å². The Bertz CT molecular complexity index is 1280. The number of aliphatic hydroxyl groups excluding tert-OH is 2. The Morgan fingerprint density at radius 3 is 2.55 bits per heavy atom. The number of nitrogens with zero attached hydrogens (tertiary/aromatic N) is 1. The van der Waals surface area contributed by atoms with Crippen LogP contribution in [0.2, 0.25) is 0 Å². The summed E-state index contributed by atoms with van der Waals surface area (Å²) in [6.07, 6.45) is 5.74. The SMILES string of the molecule is C[C@]12CC/C(=N\OCC(=O)N[C@@H](Cc3ccccc3)C(=O)O)C=C1CC[C@@H]1[C@@H]2[C@H](O)C[C@@]2(C)[C@H]1CC[C@]2(O)C(=O)CO. The van der Waals surface area contributed by atoms with E-state index in [0.717, 1.165) is 24.8 Å². The predicted octanol–water partition coefficient (Wildman–Crippen LogP) is 2.40. The number of ketones is 1. The molecular weight excluding hydrogens is 540 g/mol. The van der Waals surface area contributed by atoms with E-state index in [2.05, 4.69) is 17.4 Å². The molecule has 10 heteroatoms. The third kappa shape index (κ3) is 5.18. The number of carboxylic acids is 1. The number of hydrogen-bond acceptors (Lipinski definition) is 8. The Hall–Kier alpha value is -3.08. The molecule has 0 radical (unpaired) electrons. The number of benzene rings is 1. The summed E-state index contributed by atoms with van der Waals surface area (Å²) in [6.45, 7) is 2.99. The summed E-state index contributed by atoms with van der Waals surface area (Å²) in [5.41, 5.74) is 0.0184. The van der Waals surface area contributed by atoms with E-state index in [1.807, 2.05) is 31.2 Å². The number of aliphatic hydroxyl groups is 3. The van der Waals surface area contributed by atoms with E-state index < -0.39 is 54.0 Å². The van der Waals surface area contributed by atoms with E-state index in [0.29, 0.717) is 31.4 Å². The molecule has 0 heterocycles. The maximum atomic E-state index is 12.6. The van der Waals surface area contributed by atoms with E-state index in [9.17, 15) is 34.8 Å². The van der Waals surface area contributed by atoms with Crippen molar-refractivity contribution in [1.29, 1.82) is 0 Å². The monoisotopic (exact) mass is 582 g/mol. The molecule has 3 saturated carbocycles. The first-order valence-corrected chi connectivity index (χ1v) is 14.9. The fourth-order valence-electron chi connectivity index (χ4n) is 8.82. The quantitative estimate of drug-likeness (QED) is 0.277. The molecule has 228 valence electrons. The zero-order valence-electron chi connectivity index (χ0n) is 24.3. The number of carbonyl (C=O) groups excluding carboxylic acids is 2. The standard InChI is InChI=1S/C32H42N2O8/c1-30-12-10-21(34-42-18-27(38)33-24(29(39)40)14-19-6-4-3-5-7-19)15-20(30)8-9-22-23-11-13-32(41,26(37)17-35)31(23,2)16-25(36)28(22)30/h3-7,15,22-25,28,35-36,41H,8-14,16-18H2,1-2H3,(H,33,38)(H,39,40)/b34-21+/t22-,23-,24-,25+,28+,30-,31-,32-/m0/s1. The Kier molecular flexibility index (Phi) is 8.35. The van der Waals surface area contributed by atoms with Gasteiger partial charge in [0.25, 0.3) is 5.91 Å². The molecule has 0 aromatic heterocycles. The molecule has 42 heavy (non-hydrogen) atoms. The summed E-state index contributed by atoms with van der Waals surface area (Å²) in [5, 5.41) is 48.7. The van der Waals surface area contributed by atoms with Crippen LogP contribution >= 0.6 is 0 Å². The van der Waals surface area contributed by atoms with Gasteiger partial charge in [-0.25, -0.2) is 4.79 Å². The average Bonchev–Trinajstić information content (AvgIpc) is 3.23. The number of Topliss-reactive ketones (excluding diaryl/α,β-unsaturated/α-hetero) is 1. The molecule has 4 aliphatic carbocycles. The Morgan fingerprint density at radius 2 is 1.86 bits per heavy atom. The van der Waals surface area contributed by atoms with Crippen molar-refractivity contribution in [3.63, 3.8) is 0 Å². The van der Waals surface area contributed by atoms with E-state index in [1.54, 1.807) is 12.1 Å². The van der Waals surface area contributed by atoms with Crippen LogP contribution in [-0.2, 0) is 25.6 Å². The zero-order chi connectivity index (χ0) is 30.3. The predicted molar refractivity (Wildman–Crippen MR) is 153 cm³/mol. The number of allylic oxidation sites excluding steroid dienone is 2. The molecule has 0 saturated heterocycles. The van der Waals surface area contributed by atoms with Gasteiger partial charge in [-0.05, 0) is 79.8 Å². The number of hydrogen-bond donors (Lipinski definition) is 5. The van der Waals surface area contributed by atoms with Crippen molar-refractivity contribution >= 4 is 23.4 Å². The molecule has 8 atom stereocenters. The largest absolute Gasteiger partial charge is 0.480 e. The van der Waals surface area contributed by atoms with Crippen molar-refractivity contribution in [2.24, 2.45) is 33.7 Å². The highest BCUT2D eigenvalue weighted by Gasteiger charge is 2.68. The highest BCUT2D eigenvalue weighted by molar-refractivity contribution is 5.96. The Morgan fingerprint density at radius 1 is 1.12 bits per heavy atom. The highest BCUT2D eigenvalue weighted by Crippen LogP contribution is 2.67. The van der Waals surface area contributed by atoms with Crippen LogP contribution in [0.5, 0.6) is 0 Å². The van der Waals surface area contributed by atoms with Crippen molar-refractivity contribution in [3.05, 3.63) is 47.5 Å². The van der Waals surface area contributed by atoms with Gasteiger partial charge in [0.2, 0.25) is 0 Å². The number of nitrogens with one attached hydrogen (secondary N) is 1. The van der Waals surface area contributed by atoms with Gasteiger partial charge < -0.3 is 30.6 Å². The van der Waals surface area contributed by atoms with Crippen LogP contribution in [0, 0.1) is 28.6 Å². The summed E-state index contributed by atoms with van der Waals surface area (Å²) in [4.78, 5) is 42.0. The van der Waals surface area contributed by atoms with E-state index in [1.165, 1.54) is 5.57 Å². The van der Waals surface area contributed by atoms with Gasteiger partial charge in [-0.15, -0.1) is 0 Å². The second-order valence-electron chi connectivity index (χ2n) is 13.1. The Balaban J connectivity index is 1.23. The van der Waals surface area contributed by atoms with Gasteiger partial charge in [0.05, 0.1) is 11.8 Å². The maximum absolute atomic E-state index is 12.6. The smallest absolute Gasteiger partial charge is 0.326 e. The second kappa shape index (κ2) is 11.5. The number of fused-ring (bicyclic) bond motifs is 5. The van der Waals surface area contributed by atoms with Gasteiger partial charge >= 0.3 is 5.97 Å². The topological polar surface area (TPSA) is 166 Å². The molecule has 0 aliphatic heterocycles. The zero-order valence-corrected chi connectivity index (χ0v) is 24.3. The molecule has 3 fully saturated rings. The molecule has 5 rings (SSSR count). The number of aliphatic carboxylic acids is 1. The second-order valence-corrected chi connectivity index (χ2v) is 13.1. The van der Waals surface area contributed by atoms with Gasteiger partial charge in [-0.3, -0.25) is 9.59 Å². The summed E-state index contributed by atoms with van der Waals surface area (Å²) in [5.74, 6) is -2.04. The molecule has 0 spiro atoms. The van der Waals surface area contributed by atoms with Crippen LogP contribution in [0.15, 0.2) is 47.1 Å². The third-order valence-electron chi connectivity index (χ3n) is 11.0. The lowest BCUT2D eigenvalue weighted by molar-refractivity contribution is -0.181. The summed E-state index contributed by atoms with van der Waals surface area (Å²) in [7, 11) is 0. The van der Waals surface area contributed by atoms with Crippen LogP contribution in [0.3, 0.4) is 0 Å². The number of carboxylic acid groups (broad SMARTS) is 1. The molecule has 0 bridgehead atoms. The minimum atomic E-state index is -1.61. The van der Waals surface area contributed by atoms with E-state index in [-0.39, 0.29) is 29.6 Å². The number of oxime groups is 1. The lowest BCUT2D eigenvalue weighted by Gasteiger charge is -2.60. The first kappa shape index (κ1) is 30.4. The molecule has 1 amide bonds. The van der Waals surface area contributed by atoms with E-state index >= 15 is 0 Å². The molecule has 1 aromatic rings. The number of rotatable bonds is 9. The Labute approximate surface area is 245 Å². The van der Waals surface area contributed by atoms with Gasteiger partial charge in [-0.2, -0.15) is 0 Å². The lowest BCUT2D eigenvalue weighted by atomic mass is 9.45. The molecule has 0 unspecified atom stereocenters. The lowest BCUT2D eigenvalue weighted by Crippen LogP contribution is -2.62. The average molecular weight is 583 g/mol. The van der Waals surface area contributed by atoms with Gasteiger partial charge in [-0.1, -0.05) is 54.9 Å². The van der Waals surface area contributed by atoms with Crippen molar-refractivity contribution in [2.75, 3.05) is 13.2 Å². The van der Waals surface area contributed by atoms with E-state index in [4.69, 9.17) is 4.84 Å². The third-order valence-corrected chi connectivity index (χ3v) is 11.0. The van der Waals surface area contributed by atoms with Gasteiger partial charge in [0.1, 0.15) is 18.2 Å². The van der Waals surface area contributed by atoms with Crippen LogP contribution in [-0.4, -0.2) is 74.8 Å². The van der Waals surface area contributed by atoms with Gasteiger partial charge in [0, 0.05) is 11.8 Å². The van der Waals surface area contributed by atoms with Crippen molar-refractivity contribution < 1.29 is 39.6 Å². The van der Waals surface area contributed by atoms with Crippen LogP contribution < -0.4 is 5.32 Å². The van der Waals surface area contributed by atoms with Crippen molar-refractivity contribution in [3.8, 4) is 0 Å². The summed E-state index contributed by atoms with van der Waals surface area (Å²) < 4.78 is 0. The molecule has 10 nitrogen and oxygen atoms in total. The minimum Gasteiger partial charge on any atom is -0.480 e. The van der Waals surface area contributed by atoms with Crippen molar-refractivity contribution in [2.45, 2.75) is 83.0 Å². The maximum Gasteiger partial charge on any atom is 0.326 e. The van der Waals surface area contributed by atoms with Crippen molar-refractivity contribution in [1.82, 2.24) is 5.32 Å². The van der Waals surface area contributed by atoms with Crippen LogP contribution in [0.25, 0.3) is 0 Å². The first-order valence-electron chi connectivity index (χ1n) is 14.9. The first-order chi connectivity index (χ1) is 19.9. The molecule has 4 aliphatic rings. The fourth-order valence-corrected chi connectivity index (χ4v) is 8.82. The molecule has 1 aromatic carbocycles. The molecular formula is C32H42N2O8. The highest BCUT2D eigenvalue weighted by atomic mass is 16.6. The summed E-state index contributed by atoms with van der Waals surface area (Å²) in [6, 6.07) is 7.99. The summed E-state index contributed by atoms with van der Waals surface area (Å²) >= 11 is 0. The fraction of sp³-hybridized carbons (Fsp3) is 0.625. The normalized spacial score (nSPS) is 37.1. The minimum absolute atomic E-state index is 0.0204.